The Labute approximate surface area is 105 Å². The van der Waals surface area contributed by atoms with Gasteiger partial charge in [-0.3, -0.25) is 0 Å². The third-order valence-electron chi connectivity index (χ3n) is 3.32. The number of rotatable bonds is 1. The first-order valence-corrected chi connectivity index (χ1v) is 6.09. The average molecular weight is 258 g/mol. The molecule has 1 atom stereocenters. The molecule has 0 aromatic heterocycles. The highest BCUT2D eigenvalue weighted by Gasteiger charge is 2.35. The molecule has 1 aliphatic rings. The molecule has 0 aliphatic carbocycles. The van der Waals surface area contributed by atoms with E-state index in [4.69, 9.17) is 5.73 Å². The van der Waals surface area contributed by atoms with Gasteiger partial charge in [0.05, 0.1) is 5.56 Å². The van der Waals surface area contributed by atoms with Crippen molar-refractivity contribution in [3.63, 3.8) is 0 Å². The fraction of sp³-hybridized carbons (Fsp3) is 0.538. The third kappa shape index (κ3) is 2.71. The zero-order valence-corrected chi connectivity index (χ0v) is 10.3. The van der Waals surface area contributed by atoms with E-state index < -0.39 is 11.7 Å². The predicted octanol–water partition coefficient (Wildman–Crippen LogP) is 3.52. The van der Waals surface area contributed by atoms with Crippen LogP contribution in [0.4, 0.5) is 24.5 Å². The van der Waals surface area contributed by atoms with Gasteiger partial charge in [0.1, 0.15) is 0 Å². The van der Waals surface area contributed by atoms with Crippen molar-refractivity contribution >= 4 is 11.4 Å². The van der Waals surface area contributed by atoms with Gasteiger partial charge in [0, 0.05) is 24.5 Å². The van der Waals surface area contributed by atoms with E-state index in [0.717, 1.165) is 18.9 Å². The number of nitrogens with zero attached hydrogens (tertiary/aromatic N) is 1. The zero-order valence-electron chi connectivity index (χ0n) is 10.3. The van der Waals surface area contributed by atoms with Gasteiger partial charge in [-0.2, -0.15) is 13.2 Å². The van der Waals surface area contributed by atoms with E-state index in [1.54, 1.807) is 0 Å². The second-order valence-electron chi connectivity index (χ2n) is 4.97. The Morgan fingerprint density at radius 2 is 2.06 bits per heavy atom. The summed E-state index contributed by atoms with van der Waals surface area (Å²) < 4.78 is 39.0. The van der Waals surface area contributed by atoms with Crippen LogP contribution in [0.25, 0.3) is 0 Å². The predicted molar refractivity (Wildman–Crippen MR) is 66.5 cm³/mol. The van der Waals surface area contributed by atoms with Crippen molar-refractivity contribution in [1.29, 1.82) is 0 Å². The van der Waals surface area contributed by atoms with Crippen LogP contribution in [-0.2, 0) is 6.18 Å². The molecule has 5 heteroatoms. The summed E-state index contributed by atoms with van der Waals surface area (Å²) in [6.07, 6.45) is -2.35. The summed E-state index contributed by atoms with van der Waals surface area (Å²) in [4.78, 5) is 1.82. The largest absolute Gasteiger partial charge is 0.418 e. The molecule has 1 aliphatic heterocycles. The number of alkyl halides is 3. The van der Waals surface area contributed by atoms with Gasteiger partial charge >= 0.3 is 6.18 Å². The molecule has 0 spiro atoms. The molecule has 2 rings (SSSR count). The summed E-state index contributed by atoms with van der Waals surface area (Å²) in [5, 5.41) is 0. The van der Waals surface area contributed by atoms with Crippen LogP contribution >= 0.6 is 0 Å². The maximum atomic E-state index is 13.0. The van der Waals surface area contributed by atoms with Gasteiger partial charge in [-0.05, 0) is 37.0 Å². The van der Waals surface area contributed by atoms with Gasteiger partial charge in [0.2, 0.25) is 0 Å². The number of nitrogens with two attached hydrogens (primary N) is 1. The minimum Gasteiger partial charge on any atom is -0.399 e. The molecule has 18 heavy (non-hydrogen) atoms. The standard InChI is InChI=1S/C13H17F3N2/c1-9-3-2-6-18(8-9)12-5-4-10(17)7-11(12)13(14,15)16/h4-5,7,9H,2-3,6,8,17H2,1H3. The van der Waals surface area contributed by atoms with Gasteiger partial charge in [0.25, 0.3) is 0 Å². The van der Waals surface area contributed by atoms with Crippen LogP contribution in [0.2, 0.25) is 0 Å². The summed E-state index contributed by atoms with van der Waals surface area (Å²) >= 11 is 0. The van der Waals surface area contributed by atoms with E-state index in [-0.39, 0.29) is 11.4 Å². The quantitative estimate of drug-likeness (QED) is 0.781. The smallest absolute Gasteiger partial charge is 0.399 e. The van der Waals surface area contributed by atoms with Crippen molar-refractivity contribution in [1.82, 2.24) is 0 Å². The zero-order chi connectivity index (χ0) is 13.3. The lowest BCUT2D eigenvalue weighted by atomic mass is 9.98. The Kier molecular flexibility index (Phi) is 3.41. The Hall–Kier alpha value is -1.39. The maximum Gasteiger partial charge on any atom is 0.418 e. The molecule has 0 saturated carbocycles. The average Bonchev–Trinajstić information content (AvgIpc) is 2.27. The highest BCUT2D eigenvalue weighted by atomic mass is 19.4. The fourth-order valence-electron chi connectivity index (χ4n) is 2.46. The lowest BCUT2D eigenvalue weighted by Gasteiger charge is -2.34. The number of halogens is 3. The highest BCUT2D eigenvalue weighted by molar-refractivity contribution is 5.61. The van der Waals surface area contributed by atoms with E-state index in [2.05, 4.69) is 6.92 Å². The molecular formula is C13H17F3N2. The van der Waals surface area contributed by atoms with Crippen molar-refractivity contribution in [2.75, 3.05) is 23.7 Å². The number of piperidine rings is 1. The monoisotopic (exact) mass is 258 g/mol. The fourth-order valence-corrected chi connectivity index (χ4v) is 2.46. The summed E-state index contributed by atoms with van der Waals surface area (Å²) in [5.41, 5.74) is 5.24. The van der Waals surface area contributed by atoms with E-state index >= 15 is 0 Å². The summed E-state index contributed by atoms with van der Waals surface area (Å²) in [6.45, 7) is 3.42. The molecule has 1 unspecified atom stereocenters. The molecule has 0 amide bonds. The van der Waals surface area contributed by atoms with Crippen molar-refractivity contribution in [2.45, 2.75) is 25.9 Å². The van der Waals surface area contributed by atoms with Gasteiger partial charge in [-0.15, -0.1) is 0 Å². The molecule has 100 valence electrons. The minimum atomic E-state index is -4.36. The van der Waals surface area contributed by atoms with E-state index in [1.165, 1.54) is 12.1 Å². The number of anilines is 2. The molecule has 2 N–H and O–H groups in total. The third-order valence-corrected chi connectivity index (χ3v) is 3.32. The SMILES string of the molecule is CC1CCCN(c2ccc(N)cc2C(F)(F)F)C1. The summed E-state index contributed by atoms with van der Waals surface area (Å²) in [7, 11) is 0. The Balaban J connectivity index is 2.37. The molecule has 1 fully saturated rings. The lowest BCUT2D eigenvalue weighted by Crippen LogP contribution is -2.35. The van der Waals surface area contributed by atoms with Crippen LogP contribution in [-0.4, -0.2) is 13.1 Å². The van der Waals surface area contributed by atoms with Crippen LogP contribution in [0.5, 0.6) is 0 Å². The molecule has 1 aromatic rings. The first kappa shape index (κ1) is 13.1. The van der Waals surface area contributed by atoms with Crippen molar-refractivity contribution < 1.29 is 13.2 Å². The normalized spacial score (nSPS) is 21.1. The van der Waals surface area contributed by atoms with Crippen molar-refractivity contribution in [3.8, 4) is 0 Å². The van der Waals surface area contributed by atoms with E-state index in [1.807, 2.05) is 4.90 Å². The first-order chi connectivity index (χ1) is 8.38. The molecule has 1 heterocycles. The second kappa shape index (κ2) is 4.71. The maximum absolute atomic E-state index is 13.0. The van der Waals surface area contributed by atoms with Gasteiger partial charge in [-0.1, -0.05) is 6.92 Å². The number of benzene rings is 1. The summed E-state index contributed by atoms with van der Waals surface area (Å²) in [6, 6.07) is 4.04. The molecule has 0 radical (unpaired) electrons. The first-order valence-electron chi connectivity index (χ1n) is 6.09. The van der Waals surface area contributed by atoms with Crippen LogP contribution in [0.15, 0.2) is 18.2 Å². The number of nitrogen functional groups attached to an aromatic ring is 1. The highest BCUT2D eigenvalue weighted by Crippen LogP contribution is 2.38. The number of hydrogen-bond acceptors (Lipinski definition) is 2. The lowest BCUT2D eigenvalue weighted by molar-refractivity contribution is -0.137. The Morgan fingerprint density at radius 1 is 1.33 bits per heavy atom. The van der Waals surface area contributed by atoms with Gasteiger partial charge in [-0.25, -0.2) is 0 Å². The second-order valence-corrected chi connectivity index (χ2v) is 4.97. The Morgan fingerprint density at radius 3 is 2.67 bits per heavy atom. The van der Waals surface area contributed by atoms with E-state index in [0.29, 0.717) is 19.0 Å². The molecule has 1 saturated heterocycles. The van der Waals surface area contributed by atoms with Crippen LogP contribution in [0.3, 0.4) is 0 Å². The molecule has 2 nitrogen and oxygen atoms in total. The van der Waals surface area contributed by atoms with Crippen LogP contribution in [0, 0.1) is 5.92 Å². The van der Waals surface area contributed by atoms with Gasteiger partial charge < -0.3 is 10.6 Å². The summed E-state index contributed by atoms with van der Waals surface area (Å²) in [5.74, 6) is 0.428. The van der Waals surface area contributed by atoms with Crippen molar-refractivity contribution in [3.05, 3.63) is 23.8 Å². The van der Waals surface area contributed by atoms with Crippen LogP contribution < -0.4 is 10.6 Å². The topological polar surface area (TPSA) is 29.3 Å². The minimum absolute atomic E-state index is 0.149. The van der Waals surface area contributed by atoms with Crippen molar-refractivity contribution in [2.24, 2.45) is 5.92 Å². The van der Waals surface area contributed by atoms with E-state index in [9.17, 15) is 13.2 Å². The molecular weight excluding hydrogens is 241 g/mol. The molecule has 1 aromatic carbocycles. The van der Waals surface area contributed by atoms with Gasteiger partial charge in [0.15, 0.2) is 0 Å². The number of hydrogen-bond donors (Lipinski definition) is 1. The Bertz CT molecular complexity index is 429. The van der Waals surface area contributed by atoms with Crippen LogP contribution in [0.1, 0.15) is 25.3 Å². The molecule has 0 bridgehead atoms.